The lowest BCUT2D eigenvalue weighted by Crippen LogP contribution is -2.31. The van der Waals surface area contributed by atoms with E-state index in [4.69, 9.17) is 4.74 Å². The van der Waals surface area contributed by atoms with E-state index >= 15 is 0 Å². The summed E-state index contributed by atoms with van der Waals surface area (Å²) in [6.07, 6.45) is 0. The Balaban J connectivity index is 2.79. The van der Waals surface area contributed by atoms with E-state index in [0.717, 1.165) is 10.5 Å². The van der Waals surface area contributed by atoms with Crippen molar-refractivity contribution in [1.29, 1.82) is 0 Å². The van der Waals surface area contributed by atoms with Crippen molar-refractivity contribution in [3.8, 4) is 0 Å². The van der Waals surface area contributed by atoms with Crippen molar-refractivity contribution in [3.05, 3.63) is 29.8 Å². The molecule has 1 aromatic rings. The Hall–Kier alpha value is -1.16. The Labute approximate surface area is 105 Å². The highest BCUT2D eigenvalue weighted by Crippen LogP contribution is 2.21. The molecule has 4 heteroatoms. The van der Waals surface area contributed by atoms with Gasteiger partial charge >= 0.3 is 5.97 Å². The molecule has 0 aliphatic rings. The summed E-state index contributed by atoms with van der Waals surface area (Å²) in [5.74, 6) is -0.0686. The summed E-state index contributed by atoms with van der Waals surface area (Å²) >= 11 is 0. The largest absolute Gasteiger partial charge is 0.469 e. The van der Waals surface area contributed by atoms with Crippen molar-refractivity contribution in [2.75, 3.05) is 12.9 Å². The zero-order valence-electron chi connectivity index (χ0n) is 10.6. The molecular weight excluding hydrogens is 236 g/mol. The first-order chi connectivity index (χ1) is 7.86. The monoisotopic (exact) mass is 254 g/mol. The number of hydrogen-bond acceptors (Lipinski definition) is 3. The minimum absolute atomic E-state index is 0.267. The summed E-state index contributed by atoms with van der Waals surface area (Å²) < 4.78 is 16.8. The standard InChI is InChI=1S/C13H18O3S/c1-10-5-7-11(8-6-10)17(15)9-13(2,3)12(14)16-4/h5-8H,9H2,1-4H3. The van der Waals surface area contributed by atoms with E-state index in [1.165, 1.54) is 7.11 Å². The molecule has 0 spiro atoms. The predicted molar refractivity (Wildman–Crippen MR) is 68.3 cm³/mol. The van der Waals surface area contributed by atoms with Crippen LogP contribution in [0, 0.1) is 12.3 Å². The van der Waals surface area contributed by atoms with Crippen molar-refractivity contribution in [3.63, 3.8) is 0 Å². The number of benzene rings is 1. The summed E-state index contributed by atoms with van der Waals surface area (Å²) in [7, 11) is 0.162. The maximum Gasteiger partial charge on any atom is 0.312 e. The number of carbonyl (C=O) groups is 1. The molecule has 94 valence electrons. The molecule has 17 heavy (non-hydrogen) atoms. The highest BCUT2D eigenvalue weighted by Gasteiger charge is 2.31. The Morgan fingerprint density at radius 1 is 1.29 bits per heavy atom. The molecule has 0 saturated heterocycles. The second kappa shape index (κ2) is 5.45. The minimum atomic E-state index is -1.18. The minimum Gasteiger partial charge on any atom is -0.469 e. The summed E-state index contributed by atoms with van der Waals surface area (Å²) in [5.41, 5.74) is 0.391. The highest BCUT2D eigenvalue weighted by atomic mass is 32.2. The van der Waals surface area contributed by atoms with Crippen LogP contribution in [-0.2, 0) is 20.3 Å². The molecule has 0 aromatic heterocycles. The Morgan fingerprint density at radius 2 is 1.82 bits per heavy atom. The molecule has 0 N–H and O–H groups in total. The molecule has 0 saturated carbocycles. The van der Waals surface area contributed by atoms with Gasteiger partial charge in [-0.25, -0.2) is 0 Å². The molecular formula is C13H18O3S. The average Bonchev–Trinajstić information content (AvgIpc) is 2.28. The number of esters is 1. The quantitative estimate of drug-likeness (QED) is 0.774. The van der Waals surface area contributed by atoms with Gasteiger partial charge in [0.1, 0.15) is 0 Å². The first kappa shape index (κ1) is 13.9. The van der Waals surface area contributed by atoms with Crippen LogP contribution in [0.2, 0.25) is 0 Å². The third-order valence-corrected chi connectivity index (χ3v) is 4.30. The molecule has 3 nitrogen and oxygen atoms in total. The van der Waals surface area contributed by atoms with Crippen molar-refractivity contribution in [1.82, 2.24) is 0 Å². The normalized spacial score (nSPS) is 13.2. The van der Waals surface area contributed by atoms with Crippen LogP contribution in [0.3, 0.4) is 0 Å². The van der Waals surface area contributed by atoms with E-state index in [-0.39, 0.29) is 11.7 Å². The van der Waals surface area contributed by atoms with Crippen molar-refractivity contribution in [2.24, 2.45) is 5.41 Å². The van der Waals surface area contributed by atoms with E-state index in [1.807, 2.05) is 31.2 Å². The molecule has 1 unspecified atom stereocenters. The van der Waals surface area contributed by atoms with Crippen molar-refractivity contribution >= 4 is 16.8 Å². The Kier molecular flexibility index (Phi) is 4.46. The van der Waals surface area contributed by atoms with Gasteiger partial charge in [0.2, 0.25) is 0 Å². The van der Waals surface area contributed by atoms with Crippen molar-refractivity contribution in [2.45, 2.75) is 25.7 Å². The number of carbonyl (C=O) groups excluding carboxylic acids is 1. The van der Waals surface area contributed by atoms with Gasteiger partial charge in [-0.1, -0.05) is 17.7 Å². The molecule has 1 rings (SSSR count). The van der Waals surface area contributed by atoms with Gasteiger partial charge in [-0.2, -0.15) is 0 Å². The molecule has 0 aliphatic carbocycles. The summed E-state index contributed by atoms with van der Waals surface area (Å²) in [6.45, 7) is 5.46. The first-order valence-corrected chi connectivity index (χ1v) is 6.72. The zero-order valence-corrected chi connectivity index (χ0v) is 11.5. The molecule has 0 amide bonds. The molecule has 0 radical (unpaired) electrons. The van der Waals surface area contributed by atoms with Crippen LogP contribution in [0.25, 0.3) is 0 Å². The average molecular weight is 254 g/mol. The van der Waals surface area contributed by atoms with E-state index in [0.29, 0.717) is 0 Å². The van der Waals surface area contributed by atoms with Crippen molar-refractivity contribution < 1.29 is 13.7 Å². The Morgan fingerprint density at radius 3 is 2.29 bits per heavy atom. The lowest BCUT2D eigenvalue weighted by atomic mass is 9.97. The number of methoxy groups -OCH3 is 1. The smallest absolute Gasteiger partial charge is 0.312 e. The van der Waals surface area contributed by atoms with Crippen LogP contribution in [0.4, 0.5) is 0 Å². The van der Waals surface area contributed by atoms with Gasteiger partial charge in [-0.3, -0.25) is 9.00 Å². The molecule has 0 bridgehead atoms. The lowest BCUT2D eigenvalue weighted by Gasteiger charge is -2.20. The third-order valence-electron chi connectivity index (χ3n) is 2.51. The van der Waals surface area contributed by atoms with Gasteiger partial charge in [0.15, 0.2) is 0 Å². The molecule has 0 fully saturated rings. The van der Waals surface area contributed by atoms with Gasteiger partial charge in [0.25, 0.3) is 0 Å². The fraction of sp³-hybridized carbons (Fsp3) is 0.462. The third kappa shape index (κ3) is 3.66. The predicted octanol–water partition coefficient (Wildman–Crippen LogP) is 2.30. The maximum atomic E-state index is 12.1. The second-order valence-electron chi connectivity index (χ2n) is 4.68. The van der Waals surface area contributed by atoms with Gasteiger partial charge in [0.05, 0.1) is 23.3 Å². The number of rotatable bonds is 4. The van der Waals surface area contributed by atoms with Gasteiger partial charge in [-0.15, -0.1) is 0 Å². The van der Waals surface area contributed by atoms with Gasteiger partial charge in [-0.05, 0) is 32.9 Å². The Bertz CT molecular complexity index is 421. The molecule has 1 atom stereocenters. The van der Waals surface area contributed by atoms with Crippen LogP contribution < -0.4 is 0 Å². The summed E-state index contributed by atoms with van der Waals surface area (Å²) in [4.78, 5) is 12.2. The number of aryl methyl sites for hydroxylation is 1. The van der Waals surface area contributed by atoms with Crippen LogP contribution in [-0.4, -0.2) is 23.0 Å². The van der Waals surface area contributed by atoms with E-state index in [9.17, 15) is 9.00 Å². The van der Waals surface area contributed by atoms with E-state index < -0.39 is 16.2 Å². The van der Waals surface area contributed by atoms with E-state index in [1.54, 1.807) is 13.8 Å². The number of hydrogen-bond donors (Lipinski definition) is 0. The zero-order chi connectivity index (χ0) is 13.1. The van der Waals surface area contributed by atoms with E-state index in [2.05, 4.69) is 0 Å². The number of ether oxygens (including phenoxy) is 1. The fourth-order valence-electron chi connectivity index (χ4n) is 1.44. The van der Waals surface area contributed by atoms with Crippen LogP contribution in [0.5, 0.6) is 0 Å². The fourth-order valence-corrected chi connectivity index (χ4v) is 2.82. The van der Waals surface area contributed by atoms with Crippen LogP contribution in [0.15, 0.2) is 29.2 Å². The van der Waals surface area contributed by atoms with Crippen LogP contribution in [0.1, 0.15) is 19.4 Å². The molecule has 1 aromatic carbocycles. The molecule has 0 heterocycles. The highest BCUT2D eigenvalue weighted by molar-refractivity contribution is 7.85. The topological polar surface area (TPSA) is 43.4 Å². The second-order valence-corrected chi connectivity index (χ2v) is 6.13. The summed E-state index contributed by atoms with van der Waals surface area (Å²) in [5, 5.41) is 0. The van der Waals surface area contributed by atoms with Gasteiger partial charge in [0, 0.05) is 10.6 Å². The lowest BCUT2D eigenvalue weighted by molar-refractivity contribution is -0.149. The van der Waals surface area contributed by atoms with Crippen LogP contribution >= 0.6 is 0 Å². The SMILES string of the molecule is COC(=O)C(C)(C)CS(=O)c1ccc(C)cc1. The summed E-state index contributed by atoms with van der Waals surface area (Å²) in [6, 6.07) is 7.49. The van der Waals surface area contributed by atoms with Gasteiger partial charge < -0.3 is 4.74 Å². The maximum absolute atomic E-state index is 12.1. The first-order valence-electron chi connectivity index (χ1n) is 5.40. The molecule has 0 aliphatic heterocycles.